The van der Waals surface area contributed by atoms with Gasteiger partial charge in [0.15, 0.2) is 0 Å². The molecule has 0 aliphatic rings. The molecule has 0 radical (unpaired) electrons. The number of nitrogens with one attached hydrogen (secondary N) is 1. The van der Waals surface area contributed by atoms with Crippen LogP contribution in [0.15, 0.2) is 18.2 Å². The van der Waals surface area contributed by atoms with Gasteiger partial charge >= 0.3 is 0 Å². The third-order valence-corrected chi connectivity index (χ3v) is 3.96. The fraction of sp³-hybridized carbons (Fsp3) is 0.538. The minimum atomic E-state index is -3.30. The van der Waals surface area contributed by atoms with Gasteiger partial charge in [0, 0.05) is 5.69 Å². The summed E-state index contributed by atoms with van der Waals surface area (Å²) in [5.41, 5.74) is 7.80. The topological polar surface area (TPSA) is 72.2 Å². The van der Waals surface area contributed by atoms with E-state index < -0.39 is 10.0 Å². The summed E-state index contributed by atoms with van der Waals surface area (Å²) < 4.78 is 26.3. The van der Waals surface area contributed by atoms with E-state index >= 15 is 0 Å². The van der Waals surface area contributed by atoms with Crippen LogP contribution in [0.25, 0.3) is 0 Å². The molecule has 102 valence electrons. The zero-order valence-corrected chi connectivity index (χ0v) is 12.3. The van der Waals surface area contributed by atoms with E-state index in [1.54, 1.807) is 18.2 Å². The zero-order chi connectivity index (χ0) is 14.0. The first kappa shape index (κ1) is 14.8. The van der Waals surface area contributed by atoms with Crippen LogP contribution in [0.1, 0.15) is 32.8 Å². The van der Waals surface area contributed by atoms with E-state index in [0.717, 1.165) is 5.56 Å². The molecule has 18 heavy (non-hydrogen) atoms. The normalized spacial score (nSPS) is 12.4. The molecular weight excluding hydrogens is 248 g/mol. The van der Waals surface area contributed by atoms with Crippen LogP contribution in [0, 0.1) is 12.3 Å². The summed E-state index contributed by atoms with van der Waals surface area (Å²) in [6.07, 6.45) is 0.615. The van der Waals surface area contributed by atoms with Crippen LogP contribution in [0.3, 0.4) is 0 Å². The number of sulfonamides is 1. The van der Waals surface area contributed by atoms with Crippen molar-refractivity contribution in [1.29, 1.82) is 0 Å². The molecule has 0 heterocycles. The van der Waals surface area contributed by atoms with Gasteiger partial charge in [-0.15, -0.1) is 0 Å². The molecule has 0 saturated carbocycles. The van der Waals surface area contributed by atoms with Crippen molar-refractivity contribution in [3.8, 4) is 0 Å². The Morgan fingerprint density at radius 3 is 2.39 bits per heavy atom. The quantitative estimate of drug-likeness (QED) is 0.826. The molecule has 1 aromatic rings. The van der Waals surface area contributed by atoms with Crippen molar-refractivity contribution in [3.63, 3.8) is 0 Å². The highest BCUT2D eigenvalue weighted by molar-refractivity contribution is 7.92. The molecular formula is C13H22N2O2S. The molecule has 1 rings (SSSR count). The maximum Gasteiger partial charge on any atom is 0.232 e. The Hall–Kier alpha value is -1.23. The largest absolute Gasteiger partial charge is 0.398 e. The van der Waals surface area contributed by atoms with Crippen molar-refractivity contribution in [2.24, 2.45) is 5.41 Å². The maximum absolute atomic E-state index is 11.9. The summed E-state index contributed by atoms with van der Waals surface area (Å²) in [4.78, 5) is 0. The van der Waals surface area contributed by atoms with E-state index in [1.807, 2.05) is 27.7 Å². The van der Waals surface area contributed by atoms with Gasteiger partial charge in [-0.1, -0.05) is 26.8 Å². The highest BCUT2D eigenvalue weighted by Gasteiger charge is 2.17. The molecule has 0 spiro atoms. The standard InChI is InChI=1S/C13H22N2O2S/c1-10-5-6-11(9-12(10)14)15-18(16,17)8-7-13(2,3)4/h5-6,9,15H,7-8,14H2,1-4H3. The van der Waals surface area contributed by atoms with Crippen molar-refractivity contribution in [1.82, 2.24) is 0 Å². The summed E-state index contributed by atoms with van der Waals surface area (Å²) in [7, 11) is -3.30. The van der Waals surface area contributed by atoms with Crippen LogP contribution >= 0.6 is 0 Å². The first-order chi connectivity index (χ1) is 8.09. The van der Waals surface area contributed by atoms with Crippen LogP contribution in [-0.2, 0) is 10.0 Å². The Kier molecular flexibility index (Phi) is 4.27. The predicted molar refractivity (Wildman–Crippen MR) is 77.1 cm³/mol. The Morgan fingerprint density at radius 1 is 1.28 bits per heavy atom. The van der Waals surface area contributed by atoms with E-state index in [0.29, 0.717) is 17.8 Å². The molecule has 5 heteroatoms. The van der Waals surface area contributed by atoms with Crippen molar-refractivity contribution in [3.05, 3.63) is 23.8 Å². The Bertz CT molecular complexity index is 516. The molecule has 0 bridgehead atoms. The fourth-order valence-electron chi connectivity index (χ4n) is 1.38. The van der Waals surface area contributed by atoms with E-state index in [4.69, 9.17) is 5.73 Å². The van der Waals surface area contributed by atoms with Gasteiger partial charge in [0.1, 0.15) is 0 Å². The number of rotatable bonds is 4. The third-order valence-electron chi connectivity index (χ3n) is 2.67. The highest BCUT2D eigenvalue weighted by Crippen LogP contribution is 2.21. The summed E-state index contributed by atoms with van der Waals surface area (Å²) in [6, 6.07) is 5.17. The van der Waals surface area contributed by atoms with Gasteiger partial charge in [0.2, 0.25) is 10.0 Å². The summed E-state index contributed by atoms with van der Waals surface area (Å²) in [5, 5.41) is 0. The molecule has 1 aromatic carbocycles. The molecule has 0 amide bonds. The highest BCUT2D eigenvalue weighted by atomic mass is 32.2. The second kappa shape index (κ2) is 5.18. The average molecular weight is 270 g/mol. The van der Waals surface area contributed by atoms with Gasteiger partial charge in [-0.25, -0.2) is 8.42 Å². The lowest BCUT2D eigenvalue weighted by Crippen LogP contribution is -2.21. The summed E-state index contributed by atoms with van der Waals surface area (Å²) in [5.74, 6) is 0.115. The van der Waals surface area contributed by atoms with Gasteiger partial charge < -0.3 is 5.73 Å². The second-order valence-electron chi connectivity index (χ2n) is 5.80. The van der Waals surface area contributed by atoms with Crippen molar-refractivity contribution in [2.45, 2.75) is 34.1 Å². The van der Waals surface area contributed by atoms with Crippen LogP contribution in [0.5, 0.6) is 0 Å². The molecule has 0 unspecified atom stereocenters. The van der Waals surface area contributed by atoms with Gasteiger partial charge in [-0.3, -0.25) is 4.72 Å². The predicted octanol–water partition coefficient (Wildman–Crippen LogP) is 2.76. The van der Waals surface area contributed by atoms with Gasteiger partial charge in [-0.2, -0.15) is 0 Å². The first-order valence-corrected chi connectivity index (χ1v) is 7.61. The first-order valence-electron chi connectivity index (χ1n) is 5.96. The maximum atomic E-state index is 11.9. The van der Waals surface area contributed by atoms with Gasteiger partial charge in [0.25, 0.3) is 0 Å². The summed E-state index contributed by atoms with van der Waals surface area (Å²) in [6.45, 7) is 7.94. The van der Waals surface area contributed by atoms with Crippen molar-refractivity contribution < 1.29 is 8.42 Å². The van der Waals surface area contributed by atoms with E-state index in [9.17, 15) is 8.42 Å². The lowest BCUT2D eigenvalue weighted by molar-refractivity contribution is 0.397. The molecule has 0 aliphatic heterocycles. The summed E-state index contributed by atoms with van der Waals surface area (Å²) >= 11 is 0. The van der Waals surface area contributed by atoms with Gasteiger partial charge in [-0.05, 0) is 36.5 Å². The molecule has 0 aromatic heterocycles. The van der Waals surface area contributed by atoms with Crippen LogP contribution in [0.4, 0.5) is 11.4 Å². The molecule has 0 fully saturated rings. The number of anilines is 2. The molecule has 4 nitrogen and oxygen atoms in total. The minimum Gasteiger partial charge on any atom is -0.398 e. The number of hydrogen-bond acceptors (Lipinski definition) is 3. The smallest absolute Gasteiger partial charge is 0.232 e. The van der Waals surface area contributed by atoms with Gasteiger partial charge in [0.05, 0.1) is 11.4 Å². The third kappa shape index (κ3) is 4.96. The van der Waals surface area contributed by atoms with Crippen LogP contribution in [0.2, 0.25) is 0 Å². The van der Waals surface area contributed by atoms with Crippen molar-refractivity contribution in [2.75, 3.05) is 16.2 Å². The van der Waals surface area contributed by atoms with Crippen LogP contribution < -0.4 is 10.5 Å². The Balaban J connectivity index is 2.74. The minimum absolute atomic E-state index is 0.00105. The number of hydrogen-bond donors (Lipinski definition) is 2. The van der Waals surface area contributed by atoms with E-state index in [2.05, 4.69) is 4.72 Å². The second-order valence-corrected chi connectivity index (χ2v) is 7.64. The number of nitrogen functional groups attached to an aromatic ring is 1. The lowest BCUT2D eigenvalue weighted by Gasteiger charge is -2.18. The molecule has 0 aliphatic carbocycles. The Morgan fingerprint density at radius 2 is 1.89 bits per heavy atom. The lowest BCUT2D eigenvalue weighted by atomic mass is 9.94. The number of nitrogens with two attached hydrogens (primary N) is 1. The van der Waals surface area contributed by atoms with Crippen LogP contribution in [-0.4, -0.2) is 14.2 Å². The number of benzene rings is 1. The van der Waals surface area contributed by atoms with E-state index in [-0.39, 0.29) is 11.2 Å². The SMILES string of the molecule is Cc1ccc(NS(=O)(=O)CCC(C)(C)C)cc1N. The Labute approximate surface area is 110 Å². The molecule has 0 saturated heterocycles. The molecule has 0 atom stereocenters. The zero-order valence-electron chi connectivity index (χ0n) is 11.4. The van der Waals surface area contributed by atoms with Crippen molar-refractivity contribution >= 4 is 21.4 Å². The average Bonchev–Trinajstić information content (AvgIpc) is 2.20. The monoisotopic (exact) mass is 270 g/mol. The number of aryl methyl sites for hydroxylation is 1. The fourth-order valence-corrected chi connectivity index (χ4v) is 2.84. The van der Waals surface area contributed by atoms with E-state index in [1.165, 1.54) is 0 Å². The molecule has 3 N–H and O–H groups in total.